The van der Waals surface area contributed by atoms with Crippen LogP contribution in [0.25, 0.3) is 10.8 Å². The highest BCUT2D eigenvalue weighted by molar-refractivity contribution is 6.30. The van der Waals surface area contributed by atoms with Crippen LogP contribution in [0.3, 0.4) is 0 Å². The van der Waals surface area contributed by atoms with Crippen LogP contribution >= 0.6 is 0 Å². The van der Waals surface area contributed by atoms with Gasteiger partial charge in [-0.25, -0.2) is 4.90 Å². The monoisotopic (exact) mass is 315 g/mol. The van der Waals surface area contributed by atoms with Crippen molar-refractivity contribution in [3.8, 4) is 0 Å². The standard InChI is InChI=1S/C21H17NO2/c23-20-9-10-21(24)22(20)19-8-7-16(15-3-1-2-4-17(15)19)18-12-13-5-6-14(18)11-13/h1-10,13-14,18H,11-12H2. The molecule has 1 heterocycles. The molecule has 3 unspecified atom stereocenters. The molecule has 0 N–H and O–H groups in total. The molecule has 2 bridgehead atoms. The summed E-state index contributed by atoms with van der Waals surface area (Å²) in [5, 5.41) is 2.14. The Morgan fingerprint density at radius 2 is 1.58 bits per heavy atom. The van der Waals surface area contributed by atoms with Crippen LogP contribution in [0.1, 0.15) is 24.3 Å². The van der Waals surface area contributed by atoms with E-state index >= 15 is 0 Å². The van der Waals surface area contributed by atoms with E-state index in [-0.39, 0.29) is 11.8 Å². The second-order valence-corrected chi connectivity index (χ2v) is 6.95. The van der Waals surface area contributed by atoms with E-state index in [0.29, 0.717) is 23.4 Å². The fraction of sp³-hybridized carbons (Fsp3) is 0.238. The molecule has 0 radical (unpaired) electrons. The van der Waals surface area contributed by atoms with Crippen molar-refractivity contribution in [3.63, 3.8) is 0 Å². The first-order valence-corrected chi connectivity index (χ1v) is 8.48. The highest BCUT2D eigenvalue weighted by Gasteiger charge is 2.37. The van der Waals surface area contributed by atoms with Crippen LogP contribution in [-0.2, 0) is 9.59 Å². The largest absolute Gasteiger partial charge is 0.269 e. The van der Waals surface area contributed by atoms with Crippen LogP contribution in [-0.4, -0.2) is 11.8 Å². The zero-order chi connectivity index (χ0) is 16.3. The fourth-order valence-electron chi connectivity index (χ4n) is 4.60. The number of hydrogen-bond donors (Lipinski definition) is 0. The Hall–Kier alpha value is -2.68. The van der Waals surface area contributed by atoms with Gasteiger partial charge in [-0.15, -0.1) is 0 Å². The summed E-state index contributed by atoms with van der Waals surface area (Å²) in [5.74, 6) is 1.36. The molecule has 2 amide bonds. The number of carbonyl (C=O) groups is 2. The number of carbonyl (C=O) groups excluding carboxylic acids is 2. The number of anilines is 1. The van der Waals surface area contributed by atoms with Crippen LogP contribution in [0.15, 0.2) is 60.7 Å². The van der Waals surface area contributed by atoms with Gasteiger partial charge in [-0.1, -0.05) is 42.5 Å². The quantitative estimate of drug-likeness (QED) is 0.621. The van der Waals surface area contributed by atoms with Crippen molar-refractivity contribution >= 4 is 28.3 Å². The third kappa shape index (κ3) is 1.84. The first kappa shape index (κ1) is 13.7. The topological polar surface area (TPSA) is 37.4 Å². The summed E-state index contributed by atoms with van der Waals surface area (Å²) in [6.45, 7) is 0. The Kier molecular flexibility index (Phi) is 2.81. The molecule has 3 atom stereocenters. The highest BCUT2D eigenvalue weighted by Crippen LogP contribution is 2.50. The summed E-state index contributed by atoms with van der Waals surface area (Å²) in [6, 6.07) is 12.2. The van der Waals surface area contributed by atoms with Gasteiger partial charge >= 0.3 is 0 Å². The van der Waals surface area contributed by atoms with E-state index in [4.69, 9.17) is 0 Å². The van der Waals surface area contributed by atoms with Crippen LogP contribution in [0, 0.1) is 11.8 Å². The van der Waals surface area contributed by atoms with Crippen molar-refractivity contribution in [2.24, 2.45) is 11.8 Å². The number of benzene rings is 2. The molecule has 0 spiro atoms. The minimum absolute atomic E-state index is 0.263. The summed E-state index contributed by atoms with van der Waals surface area (Å²) in [5.41, 5.74) is 2.03. The van der Waals surface area contributed by atoms with Gasteiger partial charge in [0.25, 0.3) is 11.8 Å². The predicted octanol–water partition coefficient (Wildman–Crippen LogP) is 3.95. The molecule has 5 rings (SSSR count). The molecule has 1 fully saturated rings. The Morgan fingerprint density at radius 1 is 0.833 bits per heavy atom. The SMILES string of the molecule is O=C1C=CC(=O)N1c1ccc(C2CC3C=CC2C3)c2ccccc12. The summed E-state index contributed by atoms with van der Waals surface area (Å²) >= 11 is 0. The Bertz CT molecular complexity index is 922. The van der Waals surface area contributed by atoms with Gasteiger partial charge in [0.2, 0.25) is 0 Å². The van der Waals surface area contributed by atoms with Crippen molar-refractivity contribution in [2.75, 3.05) is 4.90 Å². The molecular formula is C21H17NO2. The zero-order valence-corrected chi connectivity index (χ0v) is 13.2. The smallest absolute Gasteiger partial charge is 0.258 e. The number of fused-ring (bicyclic) bond motifs is 3. The second kappa shape index (κ2) is 4.91. The van der Waals surface area contributed by atoms with Crippen molar-refractivity contribution in [1.29, 1.82) is 0 Å². The molecule has 1 saturated carbocycles. The molecule has 2 aromatic carbocycles. The minimum Gasteiger partial charge on any atom is -0.269 e. The van der Waals surface area contributed by atoms with Crippen LogP contribution in [0.2, 0.25) is 0 Å². The average Bonchev–Trinajstić information content (AvgIpc) is 3.31. The van der Waals surface area contributed by atoms with Gasteiger partial charge in [0, 0.05) is 17.5 Å². The molecule has 3 nitrogen and oxygen atoms in total. The Balaban J connectivity index is 1.67. The lowest BCUT2D eigenvalue weighted by molar-refractivity contribution is -0.119. The molecule has 3 heteroatoms. The minimum atomic E-state index is -0.263. The Morgan fingerprint density at radius 3 is 2.25 bits per heavy atom. The van der Waals surface area contributed by atoms with E-state index in [1.165, 1.54) is 35.5 Å². The van der Waals surface area contributed by atoms with Gasteiger partial charge in [0.05, 0.1) is 5.69 Å². The van der Waals surface area contributed by atoms with Crippen LogP contribution < -0.4 is 4.90 Å². The van der Waals surface area contributed by atoms with Gasteiger partial charge in [-0.3, -0.25) is 9.59 Å². The summed E-state index contributed by atoms with van der Waals surface area (Å²) in [7, 11) is 0. The van der Waals surface area contributed by atoms with Crippen molar-refractivity contribution in [2.45, 2.75) is 18.8 Å². The maximum absolute atomic E-state index is 12.1. The summed E-state index contributed by atoms with van der Waals surface area (Å²) in [6.07, 6.45) is 9.85. The van der Waals surface area contributed by atoms with Gasteiger partial charge in [0.1, 0.15) is 0 Å². The first-order valence-electron chi connectivity index (χ1n) is 8.48. The van der Waals surface area contributed by atoms with E-state index in [0.717, 1.165) is 10.8 Å². The molecule has 24 heavy (non-hydrogen) atoms. The lowest BCUT2D eigenvalue weighted by Gasteiger charge is -2.23. The van der Waals surface area contributed by atoms with Crippen molar-refractivity contribution < 1.29 is 9.59 Å². The fourth-order valence-corrected chi connectivity index (χ4v) is 4.60. The number of amides is 2. The van der Waals surface area contributed by atoms with Crippen LogP contribution in [0.4, 0.5) is 5.69 Å². The van der Waals surface area contributed by atoms with E-state index in [9.17, 15) is 9.59 Å². The molecule has 0 aromatic heterocycles. The zero-order valence-electron chi connectivity index (χ0n) is 13.2. The van der Waals surface area contributed by atoms with Crippen molar-refractivity contribution in [1.82, 2.24) is 0 Å². The van der Waals surface area contributed by atoms with Gasteiger partial charge < -0.3 is 0 Å². The lowest BCUT2D eigenvalue weighted by Crippen LogP contribution is -2.29. The molecule has 0 saturated heterocycles. The van der Waals surface area contributed by atoms with Crippen LogP contribution in [0.5, 0.6) is 0 Å². The third-order valence-corrected chi connectivity index (χ3v) is 5.66. The molecule has 118 valence electrons. The molecular weight excluding hydrogens is 298 g/mol. The number of allylic oxidation sites excluding steroid dienone is 2. The molecule has 2 aromatic rings. The summed E-state index contributed by atoms with van der Waals surface area (Å²) < 4.78 is 0. The normalized spacial score (nSPS) is 27.8. The van der Waals surface area contributed by atoms with E-state index in [2.05, 4.69) is 24.3 Å². The number of hydrogen-bond acceptors (Lipinski definition) is 2. The van der Waals surface area contributed by atoms with Crippen molar-refractivity contribution in [3.05, 3.63) is 66.3 Å². The lowest BCUT2D eigenvalue weighted by atomic mass is 9.84. The van der Waals surface area contributed by atoms with Gasteiger partial charge in [0.15, 0.2) is 0 Å². The maximum Gasteiger partial charge on any atom is 0.258 e. The number of nitrogens with zero attached hydrogens (tertiary/aromatic N) is 1. The number of imide groups is 1. The van der Waals surface area contributed by atoms with E-state index < -0.39 is 0 Å². The number of rotatable bonds is 2. The maximum atomic E-state index is 12.1. The molecule has 2 aliphatic carbocycles. The van der Waals surface area contributed by atoms with E-state index in [1.54, 1.807) is 0 Å². The third-order valence-electron chi connectivity index (χ3n) is 5.66. The molecule has 1 aliphatic heterocycles. The van der Waals surface area contributed by atoms with Gasteiger partial charge in [-0.05, 0) is 47.6 Å². The second-order valence-electron chi connectivity index (χ2n) is 6.95. The van der Waals surface area contributed by atoms with Gasteiger partial charge in [-0.2, -0.15) is 0 Å². The first-order chi connectivity index (χ1) is 11.7. The van der Waals surface area contributed by atoms with E-state index in [1.807, 2.05) is 24.3 Å². The molecule has 3 aliphatic rings. The average molecular weight is 315 g/mol. The predicted molar refractivity (Wildman–Crippen MR) is 93.7 cm³/mol. The Labute approximate surface area is 140 Å². The summed E-state index contributed by atoms with van der Waals surface area (Å²) in [4.78, 5) is 25.4. The highest BCUT2D eigenvalue weighted by atomic mass is 16.2.